The predicted octanol–water partition coefficient (Wildman–Crippen LogP) is 4.88. The average Bonchev–Trinajstić information content (AvgIpc) is 3.26. The van der Waals surface area contributed by atoms with E-state index in [0.717, 1.165) is 11.1 Å². The van der Waals surface area contributed by atoms with Crippen molar-refractivity contribution in [1.82, 2.24) is 10.3 Å². The quantitative estimate of drug-likeness (QED) is 0.493. The number of thiazole rings is 1. The molecule has 2 amide bonds. The Balaban J connectivity index is 1.53. The van der Waals surface area contributed by atoms with Gasteiger partial charge in [-0.05, 0) is 41.3 Å². The second kappa shape index (κ2) is 10.5. The van der Waals surface area contributed by atoms with E-state index in [2.05, 4.69) is 36.4 Å². The number of hydrogen-bond acceptors (Lipinski definition) is 6. The van der Waals surface area contributed by atoms with Crippen LogP contribution in [0.25, 0.3) is 11.3 Å². The lowest BCUT2D eigenvalue weighted by atomic mass is 9.87. The molecule has 3 rings (SSSR count). The molecule has 0 aliphatic carbocycles. The highest BCUT2D eigenvalue weighted by Crippen LogP contribution is 2.35. The Hall–Kier alpha value is -3.39. The number of rotatable bonds is 8. The molecule has 1 heterocycles. The van der Waals surface area contributed by atoms with E-state index >= 15 is 0 Å². The first kappa shape index (κ1) is 24.3. The van der Waals surface area contributed by atoms with Crippen molar-refractivity contribution >= 4 is 28.3 Å². The maximum absolute atomic E-state index is 12.3. The molecule has 0 unspecified atom stereocenters. The van der Waals surface area contributed by atoms with Crippen molar-refractivity contribution in [2.24, 2.45) is 0 Å². The highest BCUT2D eigenvalue weighted by Gasteiger charge is 2.15. The fourth-order valence-electron chi connectivity index (χ4n) is 3.16. The predicted molar refractivity (Wildman–Crippen MR) is 131 cm³/mol. The van der Waals surface area contributed by atoms with Crippen LogP contribution >= 0.6 is 11.3 Å². The van der Waals surface area contributed by atoms with Crippen LogP contribution in [0.2, 0.25) is 0 Å². The van der Waals surface area contributed by atoms with E-state index in [0.29, 0.717) is 27.9 Å². The molecule has 2 aromatic carbocycles. The number of nitrogens with zero attached hydrogens (tertiary/aromatic N) is 1. The minimum Gasteiger partial charge on any atom is -0.497 e. The summed E-state index contributed by atoms with van der Waals surface area (Å²) in [6.07, 6.45) is 0.142. The van der Waals surface area contributed by atoms with Crippen molar-refractivity contribution < 1.29 is 19.1 Å². The number of aromatic nitrogens is 1. The van der Waals surface area contributed by atoms with Gasteiger partial charge in [-0.2, -0.15) is 0 Å². The van der Waals surface area contributed by atoms with E-state index in [1.54, 1.807) is 26.4 Å². The maximum Gasteiger partial charge on any atom is 0.251 e. The molecule has 0 radical (unpaired) electrons. The van der Waals surface area contributed by atoms with Crippen LogP contribution in [0.5, 0.6) is 11.5 Å². The zero-order chi connectivity index (χ0) is 24.0. The van der Waals surface area contributed by atoms with Gasteiger partial charge in [-0.3, -0.25) is 9.59 Å². The van der Waals surface area contributed by atoms with Crippen molar-refractivity contribution in [3.8, 4) is 22.8 Å². The molecule has 0 spiro atoms. The number of hydrogen-bond donors (Lipinski definition) is 2. The van der Waals surface area contributed by atoms with Crippen LogP contribution in [0.3, 0.4) is 0 Å². The first-order valence-corrected chi connectivity index (χ1v) is 11.5. The number of benzene rings is 2. The Labute approximate surface area is 198 Å². The van der Waals surface area contributed by atoms with Gasteiger partial charge >= 0.3 is 0 Å². The van der Waals surface area contributed by atoms with Crippen LogP contribution in [0.1, 0.15) is 43.1 Å². The van der Waals surface area contributed by atoms with Gasteiger partial charge in [0.1, 0.15) is 11.5 Å². The monoisotopic (exact) mass is 467 g/mol. The number of ether oxygens (including phenoxy) is 2. The lowest BCUT2D eigenvalue weighted by Crippen LogP contribution is -2.27. The molecule has 0 aliphatic rings. The van der Waals surface area contributed by atoms with Gasteiger partial charge in [0.05, 0.1) is 19.9 Å². The molecule has 1 aromatic heterocycles. The molecule has 0 aliphatic heterocycles. The Bertz CT molecular complexity index is 1120. The number of anilines is 1. The Morgan fingerprint density at radius 2 is 1.76 bits per heavy atom. The van der Waals surface area contributed by atoms with Gasteiger partial charge in [0.2, 0.25) is 5.91 Å². The second-order valence-electron chi connectivity index (χ2n) is 8.49. The number of methoxy groups -OCH3 is 2. The number of carbonyl (C=O) groups is 2. The third-order valence-corrected chi connectivity index (χ3v) is 5.84. The van der Waals surface area contributed by atoms with E-state index in [1.165, 1.54) is 11.3 Å². The molecule has 7 nitrogen and oxygen atoms in total. The van der Waals surface area contributed by atoms with Crippen molar-refractivity contribution in [2.75, 3.05) is 26.1 Å². The molecule has 8 heteroatoms. The summed E-state index contributed by atoms with van der Waals surface area (Å²) in [4.78, 5) is 29.1. The number of amides is 2. The normalized spacial score (nSPS) is 11.1. The van der Waals surface area contributed by atoms with Crippen LogP contribution < -0.4 is 20.1 Å². The van der Waals surface area contributed by atoms with Crippen molar-refractivity contribution in [3.63, 3.8) is 0 Å². The minimum atomic E-state index is -0.225. The molecule has 0 bridgehead atoms. The fraction of sp³-hybridized carbons (Fsp3) is 0.320. The van der Waals surface area contributed by atoms with Gasteiger partial charge in [-0.25, -0.2) is 4.98 Å². The largest absolute Gasteiger partial charge is 0.497 e. The number of nitrogens with one attached hydrogen (secondary N) is 2. The Morgan fingerprint density at radius 3 is 2.39 bits per heavy atom. The molecular weight excluding hydrogens is 438 g/mol. The van der Waals surface area contributed by atoms with Crippen molar-refractivity contribution in [2.45, 2.75) is 32.6 Å². The van der Waals surface area contributed by atoms with Crippen LogP contribution in [-0.2, 0) is 10.2 Å². The van der Waals surface area contributed by atoms with Gasteiger partial charge in [-0.1, -0.05) is 32.9 Å². The van der Waals surface area contributed by atoms with Crippen LogP contribution in [0.15, 0.2) is 47.8 Å². The van der Waals surface area contributed by atoms with E-state index in [9.17, 15) is 9.59 Å². The van der Waals surface area contributed by atoms with Gasteiger partial charge in [0, 0.05) is 29.5 Å². The second-order valence-corrected chi connectivity index (χ2v) is 9.34. The van der Waals surface area contributed by atoms with Gasteiger partial charge in [0.25, 0.3) is 5.91 Å². The zero-order valence-electron chi connectivity index (χ0n) is 19.5. The van der Waals surface area contributed by atoms with Gasteiger partial charge in [0.15, 0.2) is 5.13 Å². The standard InChI is InChI=1S/C25H29N3O4S/c1-25(2,3)17-8-6-16(7-9-17)23(30)26-13-12-22(29)28-24-27-20(15-33-24)19-14-18(31-4)10-11-21(19)32-5/h6-11,14-15H,12-13H2,1-5H3,(H,26,30)(H,27,28,29). The summed E-state index contributed by atoms with van der Waals surface area (Å²) in [7, 11) is 3.19. The van der Waals surface area contributed by atoms with Crippen LogP contribution in [-0.4, -0.2) is 37.6 Å². The molecule has 33 heavy (non-hydrogen) atoms. The third kappa shape index (κ3) is 6.32. The minimum absolute atomic E-state index is 0.0283. The highest BCUT2D eigenvalue weighted by atomic mass is 32.1. The molecule has 0 saturated carbocycles. The zero-order valence-corrected chi connectivity index (χ0v) is 20.3. The summed E-state index contributed by atoms with van der Waals surface area (Å²) in [5, 5.41) is 7.89. The highest BCUT2D eigenvalue weighted by molar-refractivity contribution is 7.14. The number of carbonyl (C=O) groups excluding carboxylic acids is 2. The molecule has 0 atom stereocenters. The summed E-state index contributed by atoms with van der Waals surface area (Å²) in [6, 6.07) is 13.0. The topological polar surface area (TPSA) is 89.5 Å². The van der Waals surface area contributed by atoms with Crippen molar-refractivity contribution in [1.29, 1.82) is 0 Å². The molecule has 174 valence electrons. The summed E-state index contributed by atoms with van der Waals surface area (Å²) in [5.74, 6) is 0.923. The fourth-order valence-corrected chi connectivity index (χ4v) is 3.89. The Morgan fingerprint density at radius 1 is 1.03 bits per heavy atom. The van der Waals surface area contributed by atoms with E-state index < -0.39 is 0 Å². The smallest absolute Gasteiger partial charge is 0.251 e. The summed E-state index contributed by atoms with van der Waals surface area (Å²) < 4.78 is 10.7. The molecule has 3 aromatic rings. The average molecular weight is 468 g/mol. The van der Waals surface area contributed by atoms with Gasteiger partial charge < -0.3 is 20.1 Å². The first-order chi connectivity index (χ1) is 15.7. The lowest BCUT2D eigenvalue weighted by molar-refractivity contribution is -0.116. The Kier molecular flexibility index (Phi) is 7.71. The lowest BCUT2D eigenvalue weighted by Gasteiger charge is -2.19. The third-order valence-electron chi connectivity index (χ3n) is 5.08. The van der Waals surface area contributed by atoms with Crippen LogP contribution in [0, 0.1) is 0 Å². The van der Waals surface area contributed by atoms with E-state index in [-0.39, 0.29) is 30.2 Å². The summed E-state index contributed by atoms with van der Waals surface area (Å²) >= 11 is 1.32. The summed E-state index contributed by atoms with van der Waals surface area (Å²) in [6.45, 7) is 6.60. The molecule has 0 saturated heterocycles. The molecule has 0 fully saturated rings. The van der Waals surface area contributed by atoms with Crippen molar-refractivity contribution in [3.05, 3.63) is 59.0 Å². The maximum atomic E-state index is 12.3. The molecule has 2 N–H and O–H groups in total. The summed E-state index contributed by atoms with van der Waals surface area (Å²) in [5.41, 5.74) is 3.21. The van der Waals surface area contributed by atoms with Crippen LogP contribution in [0.4, 0.5) is 5.13 Å². The van der Waals surface area contributed by atoms with Gasteiger partial charge in [-0.15, -0.1) is 11.3 Å². The SMILES string of the molecule is COc1ccc(OC)c(-c2csc(NC(=O)CCNC(=O)c3ccc(C(C)(C)C)cc3)n2)c1. The van der Waals surface area contributed by atoms with E-state index in [4.69, 9.17) is 9.47 Å². The van der Waals surface area contributed by atoms with E-state index in [1.807, 2.05) is 35.7 Å². The molecular formula is C25H29N3O4S. The first-order valence-electron chi connectivity index (χ1n) is 10.6.